The van der Waals surface area contributed by atoms with Gasteiger partial charge in [-0.25, -0.2) is 0 Å². The summed E-state index contributed by atoms with van der Waals surface area (Å²) in [5.41, 5.74) is -0.682. The first-order chi connectivity index (χ1) is 10.1. The molecule has 0 saturated heterocycles. The van der Waals surface area contributed by atoms with Crippen LogP contribution in [0.3, 0.4) is 0 Å². The molecule has 2 heterocycles. The van der Waals surface area contributed by atoms with E-state index in [0.29, 0.717) is 11.4 Å². The van der Waals surface area contributed by atoms with Gasteiger partial charge < -0.3 is 4.55 Å². The van der Waals surface area contributed by atoms with Crippen molar-refractivity contribution < 1.29 is 17.7 Å². The maximum absolute atomic E-state index is 13.4. The van der Waals surface area contributed by atoms with E-state index in [0.717, 1.165) is 0 Å². The minimum atomic E-state index is -4.25. The van der Waals surface area contributed by atoms with E-state index >= 15 is 0 Å². The molecule has 1 aromatic heterocycles. The van der Waals surface area contributed by atoms with Gasteiger partial charge in [0.1, 0.15) is 21.8 Å². The molecule has 0 N–H and O–H groups in total. The lowest BCUT2D eigenvalue weighted by Crippen LogP contribution is -2.33. The number of nitrogens with zero attached hydrogens (tertiary/aromatic N) is 3. The minimum absolute atomic E-state index is 0.121. The molecule has 3 rings (SSSR count). The van der Waals surface area contributed by atoms with Gasteiger partial charge in [0, 0.05) is 12.6 Å². The van der Waals surface area contributed by atoms with E-state index < -0.39 is 33.7 Å². The fourth-order valence-corrected chi connectivity index (χ4v) is 3.50. The number of hydrogen-bond acceptors (Lipinski definition) is 3. The summed E-state index contributed by atoms with van der Waals surface area (Å²) in [5.74, 6) is 0. The smallest absolute Gasteiger partial charge is 0.396 e. The molecule has 1 saturated carbocycles. The lowest BCUT2D eigenvalue weighted by Gasteiger charge is -2.26. The van der Waals surface area contributed by atoms with Crippen molar-refractivity contribution in [2.24, 2.45) is 9.81 Å². The molecule has 22 heavy (non-hydrogen) atoms. The summed E-state index contributed by atoms with van der Waals surface area (Å²) in [6.45, 7) is 5.36. The summed E-state index contributed by atoms with van der Waals surface area (Å²) in [5, 5.41) is 4.05. The predicted octanol–water partition coefficient (Wildman–Crippen LogP) is 3.42. The molecule has 0 bridgehead atoms. The third-order valence-corrected chi connectivity index (χ3v) is 5.79. The van der Waals surface area contributed by atoms with Crippen LogP contribution in [0.15, 0.2) is 16.7 Å². The lowest BCUT2D eigenvalue weighted by atomic mass is 9.93. The maximum atomic E-state index is 13.4. The highest BCUT2D eigenvalue weighted by Crippen LogP contribution is 2.65. The van der Waals surface area contributed by atoms with E-state index in [1.165, 1.54) is 10.9 Å². The molecule has 2 atom stereocenters. The second-order valence-electron chi connectivity index (χ2n) is 6.93. The highest BCUT2D eigenvalue weighted by atomic mass is 32.2. The zero-order chi connectivity index (χ0) is 16.3. The summed E-state index contributed by atoms with van der Waals surface area (Å²) < 4.78 is 57.4. The molecule has 2 aliphatic rings. The zero-order valence-electron chi connectivity index (χ0n) is 12.6. The van der Waals surface area contributed by atoms with Crippen LogP contribution in [0.1, 0.15) is 51.8 Å². The van der Waals surface area contributed by atoms with Crippen LogP contribution in [0.2, 0.25) is 0 Å². The Morgan fingerprint density at radius 3 is 2.50 bits per heavy atom. The molecule has 4 nitrogen and oxygen atoms in total. The van der Waals surface area contributed by atoms with Crippen molar-refractivity contribution in [2.45, 2.75) is 57.0 Å². The number of alkyl halides is 3. The zero-order valence-corrected chi connectivity index (χ0v) is 13.5. The third-order valence-electron chi connectivity index (χ3n) is 4.36. The van der Waals surface area contributed by atoms with Gasteiger partial charge in [-0.1, -0.05) is 4.40 Å². The van der Waals surface area contributed by atoms with Gasteiger partial charge in [0.25, 0.3) is 0 Å². The average Bonchev–Trinajstić information content (AvgIpc) is 2.92. The summed E-state index contributed by atoms with van der Waals surface area (Å²) in [7, 11) is 0. The van der Waals surface area contributed by atoms with Gasteiger partial charge in [0.15, 0.2) is 0 Å². The van der Waals surface area contributed by atoms with E-state index in [2.05, 4.69) is 9.50 Å². The average molecular weight is 333 g/mol. The molecule has 122 valence electrons. The van der Waals surface area contributed by atoms with Crippen molar-refractivity contribution >= 4 is 17.1 Å². The molecule has 1 aromatic rings. The normalized spacial score (nSPS) is 27.0. The molecule has 0 spiro atoms. The fourth-order valence-electron chi connectivity index (χ4n) is 2.86. The van der Waals surface area contributed by atoms with Gasteiger partial charge in [0.2, 0.25) is 0 Å². The topological polar surface area (TPSA) is 53.2 Å². The van der Waals surface area contributed by atoms with Crippen LogP contribution in [0.5, 0.6) is 0 Å². The van der Waals surface area contributed by atoms with Crippen LogP contribution in [0.4, 0.5) is 13.2 Å². The number of aromatic nitrogens is 2. The minimum Gasteiger partial charge on any atom is -0.591 e. The Kier molecular flexibility index (Phi) is 3.41. The summed E-state index contributed by atoms with van der Waals surface area (Å²) in [6.07, 6.45) is -2.39. The van der Waals surface area contributed by atoms with Gasteiger partial charge in [-0.2, -0.15) is 18.3 Å². The van der Waals surface area contributed by atoms with Crippen LogP contribution >= 0.6 is 0 Å². The summed E-state index contributed by atoms with van der Waals surface area (Å²) in [6, 6.07) is 0.874. The van der Waals surface area contributed by atoms with E-state index in [1.807, 2.05) is 0 Å². The monoisotopic (exact) mass is 333 g/mol. The summed E-state index contributed by atoms with van der Waals surface area (Å²) in [4.78, 5) is 0. The maximum Gasteiger partial charge on any atom is 0.396 e. The van der Waals surface area contributed by atoms with Crippen LogP contribution in [0.25, 0.3) is 0 Å². The highest BCUT2D eigenvalue weighted by molar-refractivity contribution is 7.91. The van der Waals surface area contributed by atoms with Crippen molar-refractivity contribution in [1.82, 2.24) is 9.78 Å². The van der Waals surface area contributed by atoms with Gasteiger partial charge >= 0.3 is 6.18 Å². The summed E-state index contributed by atoms with van der Waals surface area (Å²) >= 11 is -1.50. The number of fused-ring (bicyclic) bond motifs is 1. The lowest BCUT2D eigenvalue weighted by molar-refractivity contribution is -0.199. The molecular weight excluding hydrogens is 315 g/mol. The highest BCUT2D eigenvalue weighted by Gasteiger charge is 2.69. The van der Waals surface area contributed by atoms with Crippen molar-refractivity contribution in [2.75, 3.05) is 0 Å². The third kappa shape index (κ3) is 2.36. The molecule has 0 radical (unpaired) electrons. The van der Waals surface area contributed by atoms with E-state index in [1.54, 1.807) is 26.8 Å². The largest absolute Gasteiger partial charge is 0.591 e. The Hall–Kier alpha value is -1.02. The molecule has 1 aliphatic carbocycles. The van der Waals surface area contributed by atoms with Gasteiger partial charge in [-0.15, -0.1) is 0 Å². The molecule has 1 fully saturated rings. The van der Waals surface area contributed by atoms with Crippen LogP contribution < -0.4 is 0 Å². The van der Waals surface area contributed by atoms with Gasteiger partial charge in [0.05, 0.1) is 17.2 Å². The molecule has 1 aliphatic heterocycles. The number of hydrogen-bond donors (Lipinski definition) is 0. The van der Waals surface area contributed by atoms with Crippen molar-refractivity contribution in [3.63, 3.8) is 0 Å². The quantitative estimate of drug-likeness (QED) is 0.779. The van der Waals surface area contributed by atoms with Crippen LogP contribution in [0, 0.1) is 5.41 Å². The first-order valence-corrected chi connectivity index (χ1v) is 8.27. The Labute approximate surface area is 130 Å². The second-order valence-corrected chi connectivity index (χ2v) is 8.84. The van der Waals surface area contributed by atoms with E-state index in [4.69, 9.17) is 0 Å². The molecule has 8 heteroatoms. The van der Waals surface area contributed by atoms with Crippen LogP contribution in [-0.4, -0.2) is 31.0 Å². The van der Waals surface area contributed by atoms with E-state index in [-0.39, 0.29) is 19.3 Å². The fraction of sp³-hybridized carbons (Fsp3) is 0.714. The molecular formula is C14H18F3N3OS. The van der Waals surface area contributed by atoms with Crippen molar-refractivity contribution in [3.8, 4) is 0 Å². The number of rotatable bonds is 2. The van der Waals surface area contributed by atoms with Gasteiger partial charge in [-0.05, 0) is 39.7 Å². The Morgan fingerprint density at radius 1 is 1.36 bits per heavy atom. The second kappa shape index (κ2) is 4.74. The van der Waals surface area contributed by atoms with Crippen LogP contribution in [-0.2, 0) is 11.4 Å². The predicted molar refractivity (Wildman–Crippen MR) is 78.0 cm³/mol. The molecule has 0 amide bonds. The van der Waals surface area contributed by atoms with E-state index in [9.17, 15) is 17.7 Å². The Bertz CT molecular complexity index is 614. The molecule has 1 unspecified atom stereocenters. The SMILES string of the molecule is CC(C)(C)[S@@+]([O-])/N=C1/CC(C2(C(F)(F)F)CC2)n2nccc21. The molecule has 0 aromatic carbocycles. The van der Waals surface area contributed by atoms with Gasteiger partial charge in [-0.3, -0.25) is 4.68 Å². The Balaban J connectivity index is 1.95. The number of halogens is 3. The van der Waals surface area contributed by atoms with Crippen molar-refractivity contribution in [1.29, 1.82) is 0 Å². The Morgan fingerprint density at radius 2 is 2.00 bits per heavy atom. The first kappa shape index (κ1) is 15.9. The standard InChI is InChI=1S/C14H18F3N3OS/c1-12(2,3)22(21)19-9-8-11(20-10(9)4-7-18-20)13(5-6-13)14(15,16)17/h4,7,11H,5-6,8H2,1-3H3/b19-9-/t11?,22-/m1/s1. The first-order valence-electron chi connectivity index (χ1n) is 7.16. The van der Waals surface area contributed by atoms with Crippen molar-refractivity contribution in [3.05, 3.63) is 18.0 Å².